The van der Waals surface area contributed by atoms with Crippen LogP contribution in [0.1, 0.15) is 72.1 Å². The average molecular weight is 205 g/mol. The lowest BCUT2D eigenvalue weighted by atomic mass is 9.96. The first-order valence-corrected chi connectivity index (χ1v) is 6.19. The molecule has 0 N–H and O–H groups in total. The molecule has 0 aliphatic carbocycles. The maximum Gasteiger partial charge on any atom is 0.0418 e. The molecule has 1 heteroatoms. The van der Waals surface area contributed by atoms with Gasteiger partial charge in [0, 0.05) is 4.87 Å². The molecule has 0 nitrogen and oxygen atoms in total. The summed E-state index contributed by atoms with van der Waals surface area (Å²) in [5, 5.41) is 0. The van der Waals surface area contributed by atoms with Gasteiger partial charge in [0.05, 0.1) is 0 Å². The van der Waals surface area contributed by atoms with E-state index in [0.717, 1.165) is 0 Å². The summed E-state index contributed by atoms with van der Waals surface area (Å²) in [4.78, 5) is 0.0738. The van der Waals surface area contributed by atoms with Gasteiger partial charge in [-0.15, -0.1) is 11.6 Å². The smallest absolute Gasteiger partial charge is 0.0418 e. The lowest BCUT2D eigenvalue weighted by Gasteiger charge is -2.21. The highest BCUT2D eigenvalue weighted by Gasteiger charge is 2.18. The summed E-state index contributed by atoms with van der Waals surface area (Å²) in [5.74, 6) is 0. The Labute approximate surface area is 89.1 Å². The standard InChI is InChI=1S/C12H25Cl/c1-4-6-8-10-12(3,13)11-9-7-5-2/h4-11H2,1-3H3. The SMILES string of the molecule is CCCCCC(C)(Cl)CCCCC. The van der Waals surface area contributed by atoms with E-state index in [9.17, 15) is 0 Å². The van der Waals surface area contributed by atoms with Gasteiger partial charge in [-0.1, -0.05) is 52.4 Å². The van der Waals surface area contributed by atoms with E-state index >= 15 is 0 Å². The van der Waals surface area contributed by atoms with E-state index in [-0.39, 0.29) is 4.87 Å². The van der Waals surface area contributed by atoms with Crippen molar-refractivity contribution < 1.29 is 0 Å². The van der Waals surface area contributed by atoms with Crippen molar-refractivity contribution >= 4 is 11.6 Å². The monoisotopic (exact) mass is 204 g/mol. The topological polar surface area (TPSA) is 0 Å². The highest BCUT2D eigenvalue weighted by Crippen LogP contribution is 2.28. The largest absolute Gasteiger partial charge is 0.120 e. The fraction of sp³-hybridized carbons (Fsp3) is 1.00. The van der Waals surface area contributed by atoms with E-state index in [1.807, 2.05) is 0 Å². The molecule has 0 saturated carbocycles. The second-order valence-corrected chi connectivity index (χ2v) is 5.24. The minimum absolute atomic E-state index is 0.0738. The summed E-state index contributed by atoms with van der Waals surface area (Å²) in [6.45, 7) is 6.67. The summed E-state index contributed by atoms with van der Waals surface area (Å²) in [7, 11) is 0. The van der Waals surface area contributed by atoms with Crippen LogP contribution in [0.3, 0.4) is 0 Å². The molecule has 80 valence electrons. The lowest BCUT2D eigenvalue weighted by Crippen LogP contribution is -2.15. The Balaban J connectivity index is 3.42. The fourth-order valence-corrected chi connectivity index (χ4v) is 1.88. The summed E-state index contributed by atoms with van der Waals surface area (Å²) >= 11 is 6.41. The van der Waals surface area contributed by atoms with Crippen LogP contribution in [0.25, 0.3) is 0 Å². The van der Waals surface area contributed by atoms with Crippen LogP contribution in [0.2, 0.25) is 0 Å². The highest BCUT2D eigenvalue weighted by atomic mass is 35.5. The van der Waals surface area contributed by atoms with Gasteiger partial charge in [-0.05, 0) is 19.8 Å². The third-order valence-corrected chi connectivity index (χ3v) is 2.98. The first-order valence-electron chi connectivity index (χ1n) is 5.81. The number of rotatable bonds is 8. The van der Waals surface area contributed by atoms with Crippen LogP contribution in [0.5, 0.6) is 0 Å². The molecule has 0 radical (unpaired) electrons. The van der Waals surface area contributed by atoms with Gasteiger partial charge in [0.1, 0.15) is 0 Å². The second kappa shape index (κ2) is 7.67. The Morgan fingerprint density at radius 2 is 1.23 bits per heavy atom. The molecule has 0 spiro atoms. The minimum atomic E-state index is 0.0738. The number of hydrogen-bond donors (Lipinski definition) is 0. The number of halogens is 1. The Morgan fingerprint density at radius 1 is 0.846 bits per heavy atom. The number of hydrogen-bond acceptors (Lipinski definition) is 0. The van der Waals surface area contributed by atoms with Gasteiger partial charge in [-0.2, -0.15) is 0 Å². The summed E-state index contributed by atoms with van der Waals surface area (Å²) in [5.41, 5.74) is 0. The second-order valence-electron chi connectivity index (χ2n) is 4.33. The van der Waals surface area contributed by atoms with Crippen LogP contribution >= 0.6 is 11.6 Å². The number of unbranched alkanes of at least 4 members (excludes halogenated alkanes) is 4. The molecule has 0 unspecified atom stereocenters. The van der Waals surface area contributed by atoms with Crippen molar-refractivity contribution in [3.05, 3.63) is 0 Å². The number of alkyl halides is 1. The highest BCUT2D eigenvalue weighted by molar-refractivity contribution is 6.23. The van der Waals surface area contributed by atoms with Crippen LogP contribution in [-0.2, 0) is 0 Å². The molecule has 0 aliphatic heterocycles. The average Bonchev–Trinajstić information content (AvgIpc) is 2.05. The maximum atomic E-state index is 6.41. The molecule has 0 rings (SSSR count). The zero-order valence-corrected chi connectivity index (χ0v) is 10.3. The quantitative estimate of drug-likeness (QED) is 0.379. The van der Waals surface area contributed by atoms with E-state index in [0.29, 0.717) is 0 Å². The Bertz CT molecular complexity index is 95.7. The predicted molar refractivity (Wildman–Crippen MR) is 62.5 cm³/mol. The van der Waals surface area contributed by atoms with Crippen molar-refractivity contribution in [1.82, 2.24) is 0 Å². The van der Waals surface area contributed by atoms with Crippen molar-refractivity contribution in [2.45, 2.75) is 77.0 Å². The first kappa shape index (κ1) is 13.3. The van der Waals surface area contributed by atoms with Gasteiger partial charge in [0.2, 0.25) is 0 Å². The molecule has 0 bridgehead atoms. The van der Waals surface area contributed by atoms with Crippen LogP contribution in [0.15, 0.2) is 0 Å². The third-order valence-electron chi connectivity index (χ3n) is 2.60. The van der Waals surface area contributed by atoms with Crippen LogP contribution < -0.4 is 0 Å². The van der Waals surface area contributed by atoms with Crippen molar-refractivity contribution in [3.8, 4) is 0 Å². The maximum absolute atomic E-state index is 6.41. The van der Waals surface area contributed by atoms with Crippen molar-refractivity contribution in [2.75, 3.05) is 0 Å². The Morgan fingerprint density at radius 3 is 1.54 bits per heavy atom. The molecule has 0 aliphatic rings. The van der Waals surface area contributed by atoms with Gasteiger partial charge in [0.25, 0.3) is 0 Å². The summed E-state index contributed by atoms with van der Waals surface area (Å²) in [6.07, 6.45) is 10.2. The van der Waals surface area contributed by atoms with Crippen LogP contribution in [0.4, 0.5) is 0 Å². The molecule has 0 aromatic heterocycles. The zero-order chi connectivity index (χ0) is 10.2. The van der Waals surface area contributed by atoms with Gasteiger partial charge in [0.15, 0.2) is 0 Å². The Hall–Kier alpha value is 0.290. The van der Waals surface area contributed by atoms with Crippen molar-refractivity contribution in [2.24, 2.45) is 0 Å². The third kappa shape index (κ3) is 8.62. The van der Waals surface area contributed by atoms with Gasteiger partial charge in [-0.3, -0.25) is 0 Å². The normalized spacial score (nSPS) is 12.0. The van der Waals surface area contributed by atoms with Gasteiger partial charge in [-0.25, -0.2) is 0 Å². The van der Waals surface area contributed by atoms with E-state index in [1.165, 1.54) is 51.4 Å². The van der Waals surface area contributed by atoms with E-state index in [2.05, 4.69) is 20.8 Å². The van der Waals surface area contributed by atoms with E-state index in [4.69, 9.17) is 11.6 Å². The zero-order valence-electron chi connectivity index (χ0n) is 9.53. The van der Waals surface area contributed by atoms with Crippen molar-refractivity contribution in [1.29, 1.82) is 0 Å². The van der Waals surface area contributed by atoms with Gasteiger partial charge >= 0.3 is 0 Å². The fourth-order valence-electron chi connectivity index (χ4n) is 1.61. The molecule has 0 atom stereocenters. The van der Waals surface area contributed by atoms with E-state index in [1.54, 1.807) is 0 Å². The molecule has 0 amide bonds. The molecule has 0 saturated heterocycles. The molecular formula is C12H25Cl. The molecule has 0 heterocycles. The summed E-state index contributed by atoms with van der Waals surface area (Å²) in [6, 6.07) is 0. The molecule has 0 aromatic rings. The molecular weight excluding hydrogens is 180 g/mol. The van der Waals surface area contributed by atoms with E-state index < -0.39 is 0 Å². The first-order chi connectivity index (χ1) is 6.12. The van der Waals surface area contributed by atoms with Crippen LogP contribution in [0, 0.1) is 0 Å². The lowest BCUT2D eigenvalue weighted by molar-refractivity contribution is 0.473. The minimum Gasteiger partial charge on any atom is -0.120 e. The van der Waals surface area contributed by atoms with Crippen molar-refractivity contribution in [3.63, 3.8) is 0 Å². The molecule has 0 fully saturated rings. The molecule has 13 heavy (non-hydrogen) atoms. The summed E-state index contributed by atoms with van der Waals surface area (Å²) < 4.78 is 0. The van der Waals surface area contributed by atoms with Gasteiger partial charge < -0.3 is 0 Å². The van der Waals surface area contributed by atoms with Crippen LogP contribution in [-0.4, -0.2) is 4.87 Å². The predicted octanol–water partition coefficient (Wildman–Crippen LogP) is 5.14. The Kier molecular flexibility index (Phi) is 7.84. The molecule has 0 aromatic carbocycles.